The van der Waals surface area contributed by atoms with Gasteiger partial charge in [0.15, 0.2) is 0 Å². The van der Waals surface area contributed by atoms with Crippen LogP contribution in [0.1, 0.15) is 60.7 Å². The first kappa shape index (κ1) is 17.1. The van der Waals surface area contributed by atoms with Crippen LogP contribution < -0.4 is 4.74 Å². The predicted octanol–water partition coefficient (Wildman–Crippen LogP) is 4.81. The molecule has 0 spiro atoms. The van der Waals surface area contributed by atoms with E-state index in [1.807, 2.05) is 12.1 Å². The van der Waals surface area contributed by atoms with Crippen molar-refractivity contribution in [2.45, 2.75) is 50.9 Å². The van der Waals surface area contributed by atoms with Crippen molar-refractivity contribution in [3.63, 3.8) is 0 Å². The molecule has 2 aromatic rings. The van der Waals surface area contributed by atoms with Gasteiger partial charge in [-0.1, -0.05) is 36.4 Å². The summed E-state index contributed by atoms with van der Waals surface area (Å²) in [5, 5.41) is 9.26. The average molecular weight is 352 g/mol. The zero-order chi connectivity index (χ0) is 18.5. The van der Waals surface area contributed by atoms with Crippen LogP contribution >= 0.6 is 0 Å². The number of hydrogen-bond donors (Lipinski definition) is 1. The Morgan fingerprint density at radius 1 is 1.15 bits per heavy atom. The summed E-state index contributed by atoms with van der Waals surface area (Å²) in [6, 6.07) is 15.6. The molecule has 4 atom stereocenters. The molecule has 2 aliphatic rings. The first-order valence-corrected chi connectivity index (χ1v) is 9.13. The Kier molecular flexibility index (Phi) is 4.03. The molecule has 1 saturated heterocycles. The van der Waals surface area contributed by atoms with E-state index in [0.717, 1.165) is 12.0 Å². The normalized spacial score (nSPS) is 29.2. The van der Waals surface area contributed by atoms with Gasteiger partial charge in [-0.3, -0.25) is 0 Å². The lowest BCUT2D eigenvalue weighted by molar-refractivity contribution is -0.153. The summed E-state index contributed by atoms with van der Waals surface area (Å²) in [4.78, 5) is 11.3. The number of fused-ring (bicyclic) bond motifs is 3. The number of hydrogen-bond acceptors (Lipinski definition) is 3. The molecule has 26 heavy (non-hydrogen) atoms. The van der Waals surface area contributed by atoms with E-state index in [2.05, 4.69) is 45.0 Å². The van der Waals surface area contributed by atoms with Crippen molar-refractivity contribution in [1.82, 2.24) is 0 Å². The number of aromatic carboxylic acids is 1. The molecule has 0 unspecified atom stereocenters. The van der Waals surface area contributed by atoms with Gasteiger partial charge in [-0.05, 0) is 44.9 Å². The lowest BCUT2D eigenvalue weighted by Gasteiger charge is -2.50. The Balaban J connectivity index is 1.71. The molecule has 136 valence electrons. The van der Waals surface area contributed by atoms with Gasteiger partial charge in [-0.25, -0.2) is 4.79 Å². The summed E-state index contributed by atoms with van der Waals surface area (Å²) < 4.78 is 12.7. The maximum Gasteiger partial charge on any atom is 0.335 e. The molecule has 4 nitrogen and oxygen atoms in total. The highest BCUT2D eigenvalue weighted by Crippen LogP contribution is 2.53. The van der Waals surface area contributed by atoms with Gasteiger partial charge < -0.3 is 14.6 Å². The largest absolute Gasteiger partial charge is 0.487 e. The maximum atomic E-state index is 11.3. The number of ether oxygens (including phenoxy) is 2. The summed E-state index contributed by atoms with van der Waals surface area (Å²) in [7, 11) is 0. The van der Waals surface area contributed by atoms with Crippen LogP contribution in [-0.2, 0) is 4.74 Å². The van der Waals surface area contributed by atoms with Gasteiger partial charge in [-0.2, -0.15) is 0 Å². The van der Waals surface area contributed by atoms with E-state index in [4.69, 9.17) is 9.47 Å². The van der Waals surface area contributed by atoms with Crippen LogP contribution in [0, 0.1) is 5.92 Å². The lowest BCUT2D eigenvalue weighted by Crippen LogP contribution is -2.50. The topological polar surface area (TPSA) is 55.8 Å². The summed E-state index contributed by atoms with van der Waals surface area (Å²) >= 11 is 0. The second-order valence-corrected chi connectivity index (χ2v) is 7.88. The minimum atomic E-state index is -0.946. The molecule has 0 amide bonds. The third-order valence-electron chi connectivity index (χ3n) is 5.86. The number of carboxylic acids is 1. The van der Waals surface area contributed by atoms with E-state index >= 15 is 0 Å². The third-order valence-corrected chi connectivity index (χ3v) is 5.86. The molecule has 0 bridgehead atoms. The van der Waals surface area contributed by atoms with E-state index in [-0.39, 0.29) is 23.7 Å². The Bertz CT molecular complexity index is 827. The molecule has 0 radical (unpaired) electrons. The minimum Gasteiger partial charge on any atom is -0.487 e. The Morgan fingerprint density at radius 2 is 1.88 bits per heavy atom. The highest BCUT2D eigenvalue weighted by atomic mass is 16.5. The van der Waals surface area contributed by atoms with Crippen molar-refractivity contribution in [1.29, 1.82) is 0 Å². The average Bonchev–Trinajstić information content (AvgIpc) is 2.61. The van der Waals surface area contributed by atoms with Crippen LogP contribution in [0.4, 0.5) is 0 Å². The minimum absolute atomic E-state index is 0.0773. The molecule has 0 saturated carbocycles. The summed E-state index contributed by atoms with van der Waals surface area (Å²) in [5.74, 6) is 0.201. The highest BCUT2D eigenvalue weighted by Gasteiger charge is 2.49. The fourth-order valence-corrected chi connectivity index (χ4v) is 4.41. The van der Waals surface area contributed by atoms with Crippen molar-refractivity contribution in [2.24, 2.45) is 5.92 Å². The molecular formula is C22H24O4. The molecule has 0 aliphatic carbocycles. The van der Waals surface area contributed by atoms with Crippen LogP contribution in [-0.4, -0.2) is 22.8 Å². The van der Waals surface area contributed by atoms with E-state index in [1.54, 1.807) is 12.1 Å². The fourth-order valence-electron chi connectivity index (χ4n) is 4.41. The van der Waals surface area contributed by atoms with E-state index < -0.39 is 11.6 Å². The van der Waals surface area contributed by atoms with Gasteiger partial charge in [-0.15, -0.1) is 0 Å². The first-order chi connectivity index (χ1) is 12.4. The van der Waals surface area contributed by atoms with Crippen LogP contribution in [0.2, 0.25) is 0 Å². The van der Waals surface area contributed by atoms with Gasteiger partial charge in [0.1, 0.15) is 11.4 Å². The second kappa shape index (κ2) is 6.13. The zero-order valence-electron chi connectivity index (χ0n) is 15.3. The standard InChI is InChI=1S/C22H24O4/c1-13-17(14-7-5-4-6-8-14)12-18-20(25-13)16-10-9-15(21(23)24)11-19(16)26-22(18,2)3/h4-11,13,17-18,20H,12H2,1-3H3,(H,23,24)/t13-,17+,18+,20-/m1/s1. The van der Waals surface area contributed by atoms with Crippen LogP contribution in [0.15, 0.2) is 48.5 Å². The van der Waals surface area contributed by atoms with Gasteiger partial charge in [0, 0.05) is 17.4 Å². The van der Waals surface area contributed by atoms with Crippen molar-refractivity contribution in [3.05, 3.63) is 65.2 Å². The predicted molar refractivity (Wildman–Crippen MR) is 98.7 cm³/mol. The number of carbonyl (C=O) groups is 1. The summed E-state index contributed by atoms with van der Waals surface area (Å²) in [5.41, 5.74) is 2.06. The van der Waals surface area contributed by atoms with Gasteiger partial charge >= 0.3 is 5.97 Å². The molecular weight excluding hydrogens is 328 g/mol. The monoisotopic (exact) mass is 352 g/mol. The quantitative estimate of drug-likeness (QED) is 0.843. The highest BCUT2D eigenvalue weighted by molar-refractivity contribution is 5.88. The molecule has 2 aromatic carbocycles. The van der Waals surface area contributed by atoms with Crippen LogP contribution in [0.3, 0.4) is 0 Å². The van der Waals surface area contributed by atoms with Crippen molar-refractivity contribution < 1.29 is 19.4 Å². The van der Waals surface area contributed by atoms with E-state index in [1.165, 1.54) is 5.56 Å². The van der Waals surface area contributed by atoms with Gasteiger partial charge in [0.05, 0.1) is 17.8 Å². The number of carboxylic acid groups (broad SMARTS) is 1. The van der Waals surface area contributed by atoms with Crippen molar-refractivity contribution >= 4 is 5.97 Å². The number of rotatable bonds is 2. The van der Waals surface area contributed by atoms with Crippen molar-refractivity contribution in [3.8, 4) is 5.75 Å². The van der Waals surface area contributed by atoms with E-state index in [9.17, 15) is 9.90 Å². The Labute approximate surface area is 153 Å². The smallest absolute Gasteiger partial charge is 0.335 e. The zero-order valence-corrected chi connectivity index (χ0v) is 15.3. The molecule has 2 aliphatic heterocycles. The van der Waals surface area contributed by atoms with Crippen LogP contribution in [0.5, 0.6) is 5.75 Å². The van der Waals surface area contributed by atoms with E-state index in [0.29, 0.717) is 11.7 Å². The fraction of sp³-hybridized carbons (Fsp3) is 0.409. The SMILES string of the molecule is C[C@H]1O[C@@H]2c3ccc(C(=O)O)cc3OC(C)(C)[C@H]2C[C@@H]1c1ccccc1. The lowest BCUT2D eigenvalue weighted by atomic mass is 9.70. The maximum absolute atomic E-state index is 11.3. The second-order valence-electron chi connectivity index (χ2n) is 7.88. The Hall–Kier alpha value is -2.33. The summed E-state index contributed by atoms with van der Waals surface area (Å²) in [6.07, 6.45) is 0.981. The molecule has 0 aromatic heterocycles. The molecule has 4 rings (SSSR count). The van der Waals surface area contributed by atoms with Crippen molar-refractivity contribution in [2.75, 3.05) is 0 Å². The molecule has 1 N–H and O–H groups in total. The molecule has 4 heteroatoms. The first-order valence-electron chi connectivity index (χ1n) is 9.13. The van der Waals surface area contributed by atoms with Crippen LogP contribution in [0.25, 0.3) is 0 Å². The molecule has 1 fully saturated rings. The van der Waals surface area contributed by atoms with Gasteiger partial charge in [0.25, 0.3) is 0 Å². The molecule has 2 heterocycles. The Morgan fingerprint density at radius 3 is 2.58 bits per heavy atom. The van der Waals surface area contributed by atoms with Gasteiger partial charge in [0.2, 0.25) is 0 Å². The summed E-state index contributed by atoms with van der Waals surface area (Å²) in [6.45, 7) is 6.27. The number of benzene rings is 2. The third kappa shape index (κ3) is 2.78.